The Morgan fingerprint density at radius 2 is 1.89 bits per heavy atom. The zero-order chi connectivity index (χ0) is 19.8. The number of primary amides is 1. The van der Waals surface area contributed by atoms with Gasteiger partial charge < -0.3 is 16.4 Å². The zero-order valence-electron chi connectivity index (χ0n) is 15.7. The molecule has 4 N–H and O–H groups in total. The van der Waals surface area contributed by atoms with Crippen molar-refractivity contribution >= 4 is 34.8 Å². The number of para-hydroxylation sites is 1. The molecule has 7 heteroatoms. The minimum Gasteiger partial charge on any atom is -0.366 e. The first-order valence-corrected chi connectivity index (χ1v) is 9.99. The first kappa shape index (κ1) is 18.7. The number of carbonyl (C=O) groups is 2. The van der Waals surface area contributed by atoms with E-state index in [2.05, 4.69) is 15.6 Å². The Morgan fingerprint density at radius 1 is 1.14 bits per heavy atom. The Kier molecular flexibility index (Phi) is 4.98. The van der Waals surface area contributed by atoms with E-state index in [0.29, 0.717) is 39.1 Å². The van der Waals surface area contributed by atoms with Gasteiger partial charge in [-0.3, -0.25) is 9.59 Å². The molecule has 1 heterocycles. The molecule has 2 amide bonds. The lowest BCUT2D eigenvalue weighted by Crippen LogP contribution is -2.27. The summed E-state index contributed by atoms with van der Waals surface area (Å²) in [6.45, 7) is 1.81. The molecule has 2 aromatic rings. The predicted molar refractivity (Wildman–Crippen MR) is 109 cm³/mol. The maximum absolute atomic E-state index is 12.7. The van der Waals surface area contributed by atoms with Gasteiger partial charge in [0.05, 0.1) is 22.5 Å². The van der Waals surface area contributed by atoms with Crippen molar-refractivity contribution in [3.05, 3.63) is 51.8 Å². The van der Waals surface area contributed by atoms with Gasteiger partial charge in [-0.25, -0.2) is 4.98 Å². The lowest BCUT2D eigenvalue weighted by Gasteiger charge is -2.29. The number of aromatic nitrogens is 1. The highest BCUT2D eigenvalue weighted by Gasteiger charge is 2.28. The maximum Gasteiger partial charge on any atom is 0.255 e. The van der Waals surface area contributed by atoms with Crippen molar-refractivity contribution < 1.29 is 9.59 Å². The number of rotatable bonds is 6. The molecule has 0 aliphatic heterocycles. The minimum atomic E-state index is -0.509. The van der Waals surface area contributed by atoms with Crippen LogP contribution >= 0.6 is 11.6 Å². The molecule has 6 nitrogen and oxygen atoms in total. The van der Waals surface area contributed by atoms with E-state index in [1.165, 1.54) is 12.6 Å². The lowest BCUT2D eigenvalue weighted by molar-refractivity contribution is 0.0950. The molecule has 0 radical (unpaired) electrons. The van der Waals surface area contributed by atoms with Gasteiger partial charge in [-0.15, -0.1) is 0 Å². The lowest BCUT2D eigenvalue weighted by atomic mass is 9.78. The SMILES string of the molecule is Cc1c(Cl)ncc(C(=O)NC2CC2)c1Nc1c(C(N)=O)cccc1C1CCC1. The molecule has 2 aliphatic carbocycles. The van der Waals surface area contributed by atoms with Crippen LogP contribution in [0.4, 0.5) is 11.4 Å². The maximum atomic E-state index is 12.7. The van der Waals surface area contributed by atoms with Gasteiger partial charge in [0.15, 0.2) is 0 Å². The number of nitrogens with zero attached hydrogens (tertiary/aromatic N) is 1. The minimum absolute atomic E-state index is 0.195. The normalized spacial score (nSPS) is 16.4. The Balaban J connectivity index is 1.79. The fourth-order valence-electron chi connectivity index (χ4n) is 3.51. The molecule has 0 spiro atoms. The monoisotopic (exact) mass is 398 g/mol. The summed E-state index contributed by atoms with van der Waals surface area (Å²) in [5, 5.41) is 6.64. The smallest absolute Gasteiger partial charge is 0.255 e. The third-order valence-electron chi connectivity index (χ3n) is 5.58. The second kappa shape index (κ2) is 7.43. The van der Waals surface area contributed by atoms with Crippen LogP contribution in [0, 0.1) is 6.92 Å². The molecule has 2 aliphatic rings. The van der Waals surface area contributed by atoms with E-state index in [1.807, 2.05) is 19.1 Å². The van der Waals surface area contributed by atoms with Crippen LogP contribution in [-0.2, 0) is 0 Å². The number of anilines is 2. The Labute approximate surface area is 168 Å². The van der Waals surface area contributed by atoms with E-state index >= 15 is 0 Å². The van der Waals surface area contributed by atoms with E-state index in [-0.39, 0.29) is 11.9 Å². The number of benzene rings is 1. The fourth-order valence-corrected chi connectivity index (χ4v) is 3.65. The number of pyridine rings is 1. The largest absolute Gasteiger partial charge is 0.366 e. The highest BCUT2D eigenvalue weighted by atomic mass is 35.5. The van der Waals surface area contributed by atoms with Crippen LogP contribution < -0.4 is 16.4 Å². The van der Waals surface area contributed by atoms with Crippen molar-refractivity contribution in [3.8, 4) is 0 Å². The Bertz CT molecular complexity index is 952. The molecule has 146 valence electrons. The summed E-state index contributed by atoms with van der Waals surface area (Å²) in [7, 11) is 0. The molecule has 28 heavy (non-hydrogen) atoms. The molecule has 0 unspecified atom stereocenters. The van der Waals surface area contributed by atoms with Crippen molar-refractivity contribution in [2.75, 3.05) is 5.32 Å². The van der Waals surface area contributed by atoms with E-state index in [9.17, 15) is 9.59 Å². The van der Waals surface area contributed by atoms with Crippen LogP contribution in [-0.4, -0.2) is 22.8 Å². The third kappa shape index (κ3) is 3.56. The van der Waals surface area contributed by atoms with E-state index < -0.39 is 5.91 Å². The zero-order valence-corrected chi connectivity index (χ0v) is 16.5. The standard InChI is InChI=1S/C21H23ClN4O2/c1-11-17(16(10-24-19(11)22)21(28)25-13-8-9-13)26-18-14(12-4-2-5-12)6-3-7-15(18)20(23)27/h3,6-7,10,12-13H,2,4-5,8-9H2,1H3,(H2,23,27)(H,24,26)(H,25,28). The summed E-state index contributed by atoms with van der Waals surface area (Å²) in [6.07, 6.45) is 6.77. The summed E-state index contributed by atoms with van der Waals surface area (Å²) >= 11 is 6.24. The van der Waals surface area contributed by atoms with Crippen molar-refractivity contribution in [1.82, 2.24) is 10.3 Å². The number of hydrogen-bond donors (Lipinski definition) is 3. The molecule has 2 saturated carbocycles. The molecule has 0 saturated heterocycles. The summed E-state index contributed by atoms with van der Waals surface area (Å²) in [5.74, 6) is -0.326. The average Bonchev–Trinajstić information content (AvgIpc) is 3.42. The van der Waals surface area contributed by atoms with Crippen molar-refractivity contribution in [2.24, 2.45) is 5.73 Å². The van der Waals surface area contributed by atoms with Gasteiger partial charge >= 0.3 is 0 Å². The van der Waals surface area contributed by atoms with Crippen molar-refractivity contribution in [3.63, 3.8) is 0 Å². The molecular weight excluding hydrogens is 376 g/mol. The first-order chi connectivity index (χ1) is 13.5. The van der Waals surface area contributed by atoms with Gasteiger partial charge in [0, 0.05) is 17.8 Å². The van der Waals surface area contributed by atoms with Crippen LogP contribution in [0.2, 0.25) is 5.15 Å². The number of amides is 2. The highest BCUT2D eigenvalue weighted by molar-refractivity contribution is 6.30. The highest BCUT2D eigenvalue weighted by Crippen LogP contribution is 2.42. The molecule has 2 fully saturated rings. The van der Waals surface area contributed by atoms with Gasteiger partial charge in [-0.2, -0.15) is 0 Å². The van der Waals surface area contributed by atoms with Gasteiger partial charge in [0.2, 0.25) is 0 Å². The van der Waals surface area contributed by atoms with Gasteiger partial charge in [-0.05, 0) is 50.2 Å². The Hall–Kier alpha value is -2.60. The van der Waals surface area contributed by atoms with Crippen molar-refractivity contribution in [2.45, 2.75) is 51.0 Å². The van der Waals surface area contributed by atoms with E-state index in [1.54, 1.807) is 6.07 Å². The quantitative estimate of drug-likeness (QED) is 0.639. The van der Waals surface area contributed by atoms with Gasteiger partial charge in [0.1, 0.15) is 5.15 Å². The Morgan fingerprint density at radius 3 is 2.50 bits per heavy atom. The van der Waals surface area contributed by atoms with E-state index in [0.717, 1.165) is 31.2 Å². The summed E-state index contributed by atoms with van der Waals surface area (Å²) < 4.78 is 0. The third-order valence-corrected chi connectivity index (χ3v) is 5.96. The number of hydrogen-bond acceptors (Lipinski definition) is 4. The topological polar surface area (TPSA) is 97.1 Å². The van der Waals surface area contributed by atoms with Gasteiger partial charge in [-0.1, -0.05) is 30.2 Å². The number of carbonyl (C=O) groups excluding carboxylic acids is 2. The molecule has 0 atom stereocenters. The van der Waals surface area contributed by atoms with Crippen molar-refractivity contribution in [1.29, 1.82) is 0 Å². The summed E-state index contributed by atoms with van der Waals surface area (Å²) in [5.41, 5.74) is 9.38. The van der Waals surface area contributed by atoms with Crippen LogP contribution in [0.25, 0.3) is 0 Å². The molecule has 1 aromatic carbocycles. The fraction of sp³-hybridized carbons (Fsp3) is 0.381. The molecular formula is C21H23ClN4O2. The first-order valence-electron chi connectivity index (χ1n) is 9.61. The number of halogens is 1. The molecule has 0 bridgehead atoms. The number of nitrogens with two attached hydrogens (primary N) is 1. The van der Waals surface area contributed by atoms with Crippen LogP contribution in [0.5, 0.6) is 0 Å². The second-order valence-corrected chi connectivity index (χ2v) is 7.96. The average molecular weight is 399 g/mol. The van der Waals surface area contributed by atoms with Crippen LogP contribution in [0.3, 0.4) is 0 Å². The van der Waals surface area contributed by atoms with Gasteiger partial charge in [0.25, 0.3) is 11.8 Å². The summed E-state index contributed by atoms with van der Waals surface area (Å²) in [4.78, 5) is 29.0. The van der Waals surface area contributed by atoms with E-state index in [4.69, 9.17) is 17.3 Å². The second-order valence-electron chi connectivity index (χ2n) is 7.60. The molecule has 4 rings (SSSR count). The predicted octanol–water partition coefficient (Wildman–Crippen LogP) is 4.05. The van der Waals surface area contributed by atoms with Crippen LogP contribution in [0.15, 0.2) is 24.4 Å². The molecule has 1 aromatic heterocycles. The van der Waals surface area contributed by atoms with Crippen LogP contribution in [0.1, 0.15) is 69.9 Å². The number of nitrogens with one attached hydrogen (secondary N) is 2. The summed E-state index contributed by atoms with van der Waals surface area (Å²) in [6, 6.07) is 5.79.